The van der Waals surface area contributed by atoms with E-state index < -0.39 is 0 Å². The molecule has 0 spiro atoms. The Hall–Kier alpha value is -2.76. The minimum absolute atomic E-state index is 0.247. The summed E-state index contributed by atoms with van der Waals surface area (Å²) in [7, 11) is 0. The largest absolute Gasteiger partial charge is 0.346 e. The minimum Gasteiger partial charge on any atom is -0.346 e. The summed E-state index contributed by atoms with van der Waals surface area (Å²) >= 11 is 0. The van der Waals surface area contributed by atoms with Gasteiger partial charge in [0.15, 0.2) is 0 Å². The second-order valence-corrected chi connectivity index (χ2v) is 4.34. The van der Waals surface area contributed by atoms with Crippen LogP contribution in [0.25, 0.3) is 5.65 Å². The number of allylic oxidation sites excluding steroid dienone is 1. The molecular formula is C13H12N4O2. The molecule has 2 amide bonds. The van der Waals surface area contributed by atoms with Crippen molar-refractivity contribution in [3.05, 3.63) is 58.9 Å². The lowest BCUT2D eigenvalue weighted by Gasteiger charge is -2.23. The zero-order valence-corrected chi connectivity index (χ0v) is 10.3. The van der Waals surface area contributed by atoms with Crippen LogP contribution < -0.4 is 15.8 Å². The number of aromatic nitrogens is 2. The van der Waals surface area contributed by atoms with Crippen molar-refractivity contribution in [3.8, 4) is 0 Å². The molecule has 0 radical (unpaired) electrons. The van der Waals surface area contributed by atoms with Crippen molar-refractivity contribution in [3.63, 3.8) is 0 Å². The molecule has 3 rings (SSSR count). The molecule has 96 valence electrons. The van der Waals surface area contributed by atoms with Gasteiger partial charge in [0.05, 0.1) is 0 Å². The summed E-state index contributed by atoms with van der Waals surface area (Å²) in [4.78, 5) is 28.6. The van der Waals surface area contributed by atoms with Crippen LogP contribution in [0.3, 0.4) is 0 Å². The first-order valence-corrected chi connectivity index (χ1v) is 5.74. The molecule has 1 aliphatic rings. The fourth-order valence-electron chi connectivity index (χ4n) is 2.13. The number of hydrogen-bond donors (Lipinski definition) is 2. The average Bonchev–Trinajstić information content (AvgIpc) is 2.80. The van der Waals surface area contributed by atoms with E-state index >= 15 is 0 Å². The highest BCUT2D eigenvalue weighted by Crippen LogP contribution is 2.19. The van der Waals surface area contributed by atoms with Gasteiger partial charge in [0.25, 0.3) is 5.56 Å². The number of anilines is 1. The summed E-state index contributed by atoms with van der Waals surface area (Å²) < 4.78 is 1.47. The molecule has 0 unspecified atom stereocenters. The third-order valence-corrected chi connectivity index (χ3v) is 3.01. The first-order chi connectivity index (χ1) is 9.08. The highest BCUT2D eigenvalue weighted by atomic mass is 16.2. The third-order valence-electron chi connectivity index (χ3n) is 3.01. The maximum absolute atomic E-state index is 12.4. The van der Waals surface area contributed by atoms with Gasteiger partial charge >= 0.3 is 6.03 Å². The fourth-order valence-corrected chi connectivity index (χ4v) is 2.13. The van der Waals surface area contributed by atoms with Crippen molar-refractivity contribution in [2.45, 2.75) is 6.92 Å². The molecule has 0 saturated heterocycles. The lowest BCUT2D eigenvalue weighted by molar-refractivity contribution is 0.250. The molecule has 2 N–H and O–H groups in total. The van der Waals surface area contributed by atoms with Crippen LogP contribution >= 0.6 is 0 Å². The minimum atomic E-state index is -0.386. The standard InChI is InChI=1S/C13H12N4O2/c1-8-7-10-14-4-6-16(10)12(18)11(8)17-5-3-9(2)15-13(17)19/h3-7,14H,2H2,1H3,(H,15,19). The maximum atomic E-state index is 12.4. The number of carbonyl (C=O) groups is 1. The SMILES string of the molecule is C=C1C=CN(c2c(C)cc3[nH]ccn3c2=O)C(=O)N1. The molecule has 2 aromatic rings. The first-order valence-electron chi connectivity index (χ1n) is 5.74. The Labute approximate surface area is 108 Å². The average molecular weight is 256 g/mol. The van der Waals surface area contributed by atoms with Crippen molar-refractivity contribution >= 4 is 17.4 Å². The molecule has 0 atom stereocenters. The Morgan fingerprint density at radius 3 is 2.84 bits per heavy atom. The van der Waals surface area contributed by atoms with Crippen LogP contribution in [-0.4, -0.2) is 15.4 Å². The van der Waals surface area contributed by atoms with E-state index in [4.69, 9.17) is 0 Å². The molecule has 3 heterocycles. The van der Waals surface area contributed by atoms with Gasteiger partial charge in [-0.2, -0.15) is 0 Å². The maximum Gasteiger partial charge on any atom is 0.330 e. The van der Waals surface area contributed by atoms with E-state index in [0.717, 1.165) is 5.56 Å². The number of hydrogen-bond acceptors (Lipinski definition) is 2. The Balaban J connectivity index is 2.25. The number of fused-ring (bicyclic) bond motifs is 1. The van der Waals surface area contributed by atoms with Gasteiger partial charge in [-0.1, -0.05) is 6.58 Å². The normalized spacial score (nSPS) is 15.1. The van der Waals surface area contributed by atoms with E-state index in [1.54, 1.807) is 31.6 Å². The number of nitrogens with one attached hydrogen (secondary N) is 2. The van der Waals surface area contributed by atoms with Gasteiger partial charge in [0.1, 0.15) is 11.3 Å². The van der Waals surface area contributed by atoms with Crippen molar-refractivity contribution in [2.75, 3.05) is 4.90 Å². The van der Waals surface area contributed by atoms with Gasteiger partial charge in [-0.15, -0.1) is 0 Å². The number of imidazole rings is 1. The molecule has 1 aliphatic heterocycles. The molecule has 2 aromatic heterocycles. The highest BCUT2D eigenvalue weighted by molar-refractivity contribution is 5.97. The number of pyridine rings is 1. The van der Waals surface area contributed by atoms with Gasteiger partial charge in [0.2, 0.25) is 0 Å². The molecule has 6 heteroatoms. The Bertz CT molecular complexity index is 782. The second-order valence-electron chi connectivity index (χ2n) is 4.34. The fraction of sp³-hybridized carbons (Fsp3) is 0.0769. The number of aryl methyl sites for hydroxylation is 1. The van der Waals surface area contributed by atoms with E-state index in [0.29, 0.717) is 17.0 Å². The molecule has 6 nitrogen and oxygen atoms in total. The number of H-pyrrole nitrogens is 1. The van der Waals surface area contributed by atoms with Crippen LogP contribution in [0.2, 0.25) is 0 Å². The molecule has 0 fully saturated rings. The van der Waals surface area contributed by atoms with E-state index in [-0.39, 0.29) is 11.6 Å². The molecular weight excluding hydrogens is 244 g/mol. The number of amides is 2. The quantitative estimate of drug-likeness (QED) is 0.811. The third kappa shape index (κ3) is 1.65. The smallest absolute Gasteiger partial charge is 0.330 e. The van der Waals surface area contributed by atoms with Crippen LogP contribution in [0.4, 0.5) is 10.5 Å². The molecule has 0 bridgehead atoms. The predicted octanol–water partition coefficient (Wildman–Crippen LogP) is 1.49. The highest BCUT2D eigenvalue weighted by Gasteiger charge is 2.22. The molecule has 0 aliphatic carbocycles. The van der Waals surface area contributed by atoms with Crippen molar-refractivity contribution in [1.29, 1.82) is 0 Å². The number of carbonyl (C=O) groups excluding carboxylic acids is 1. The summed E-state index contributed by atoms with van der Waals surface area (Å²) in [6.45, 7) is 5.44. The van der Waals surface area contributed by atoms with Gasteiger partial charge in [-0.3, -0.25) is 14.1 Å². The second kappa shape index (κ2) is 3.88. The molecule has 19 heavy (non-hydrogen) atoms. The van der Waals surface area contributed by atoms with Crippen molar-refractivity contribution < 1.29 is 4.79 Å². The van der Waals surface area contributed by atoms with E-state index in [9.17, 15) is 9.59 Å². The van der Waals surface area contributed by atoms with Crippen molar-refractivity contribution in [2.24, 2.45) is 0 Å². The summed E-state index contributed by atoms with van der Waals surface area (Å²) in [5.74, 6) is 0. The van der Waals surface area contributed by atoms with Crippen LogP contribution in [0.15, 0.2) is 47.8 Å². The number of aromatic amines is 1. The molecule has 0 aromatic carbocycles. The topological polar surface area (TPSA) is 69.6 Å². The number of nitrogens with zero attached hydrogens (tertiary/aromatic N) is 2. The Morgan fingerprint density at radius 1 is 1.32 bits per heavy atom. The van der Waals surface area contributed by atoms with Gasteiger partial charge in [-0.25, -0.2) is 4.79 Å². The van der Waals surface area contributed by atoms with Gasteiger partial charge < -0.3 is 10.3 Å². The van der Waals surface area contributed by atoms with Crippen LogP contribution in [-0.2, 0) is 0 Å². The number of rotatable bonds is 1. The Morgan fingerprint density at radius 2 is 2.11 bits per heavy atom. The molecule has 0 saturated carbocycles. The summed E-state index contributed by atoms with van der Waals surface area (Å²) in [5.41, 5.74) is 2.00. The summed E-state index contributed by atoms with van der Waals surface area (Å²) in [6.07, 6.45) is 6.50. The summed E-state index contributed by atoms with van der Waals surface area (Å²) in [6, 6.07) is 1.43. The van der Waals surface area contributed by atoms with Crippen LogP contribution in [0, 0.1) is 6.92 Å². The summed E-state index contributed by atoms with van der Waals surface area (Å²) in [5, 5.41) is 2.57. The van der Waals surface area contributed by atoms with E-state index in [1.807, 2.05) is 6.07 Å². The van der Waals surface area contributed by atoms with Crippen LogP contribution in [0.1, 0.15) is 5.56 Å². The van der Waals surface area contributed by atoms with Crippen molar-refractivity contribution in [1.82, 2.24) is 14.7 Å². The monoisotopic (exact) mass is 256 g/mol. The lowest BCUT2D eigenvalue weighted by Crippen LogP contribution is -2.41. The van der Waals surface area contributed by atoms with E-state index in [2.05, 4.69) is 16.9 Å². The van der Waals surface area contributed by atoms with Gasteiger partial charge in [-0.05, 0) is 24.6 Å². The Kier molecular flexibility index (Phi) is 2.31. The zero-order valence-electron chi connectivity index (χ0n) is 10.3. The zero-order chi connectivity index (χ0) is 13.6. The first kappa shape index (κ1) is 11.3. The lowest BCUT2D eigenvalue weighted by atomic mass is 10.2. The van der Waals surface area contributed by atoms with Crippen LogP contribution in [0.5, 0.6) is 0 Å². The predicted molar refractivity (Wildman–Crippen MR) is 72.0 cm³/mol. The number of urea groups is 1. The van der Waals surface area contributed by atoms with E-state index in [1.165, 1.54) is 9.30 Å². The van der Waals surface area contributed by atoms with Gasteiger partial charge in [0, 0.05) is 24.3 Å².